The highest BCUT2D eigenvalue weighted by Crippen LogP contribution is 2.33. The van der Waals surface area contributed by atoms with Gasteiger partial charge in [-0.25, -0.2) is 0 Å². The second kappa shape index (κ2) is 7.01. The first-order valence-corrected chi connectivity index (χ1v) is 7.08. The van der Waals surface area contributed by atoms with Crippen molar-refractivity contribution in [2.75, 3.05) is 6.61 Å². The van der Waals surface area contributed by atoms with Crippen LogP contribution in [0.5, 0.6) is 5.75 Å². The van der Waals surface area contributed by atoms with Crippen molar-refractivity contribution in [3.8, 4) is 5.75 Å². The molecule has 102 valence electrons. The Bertz CT molecular complexity index is 390. The lowest BCUT2D eigenvalue weighted by atomic mass is 9.96. The van der Waals surface area contributed by atoms with Gasteiger partial charge in [0.2, 0.25) is 0 Å². The molecule has 0 heterocycles. The number of hydrogen-bond acceptors (Lipinski definition) is 2. The fourth-order valence-corrected chi connectivity index (χ4v) is 2.19. The number of nitrogens with two attached hydrogens (primary N) is 1. The molecule has 0 saturated heterocycles. The summed E-state index contributed by atoms with van der Waals surface area (Å²) in [5.41, 5.74) is 8.41. The molecule has 1 aromatic rings. The molecule has 0 aliphatic carbocycles. The molecule has 0 aliphatic heterocycles. The molecule has 1 atom stereocenters. The van der Waals surface area contributed by atoms with E-state index in [9.17, 15) is 0 Å². The third-order valence-corrected chi connectivity index (χ3v) is 3.39. The van der Waals surface area contributed by atoms with E-state index in [1.54, 1.807) is 0 Å². The van der Waals surface area contributed by atoms with Crippen molar-refractivity contribution in [2.24, 2.45) is 5.73 Å². The summed E-state index contributed by atoms with van der Waals surface area (Å²) in [6.45, 7) is 9.01. The van der Waals surface area contributed by atoms with Crippen LogP contribution in [-0.2, 0) is 6.42 Å². The van der Waals surface area contributed by atoms with Crippen molar-refractivity contribution in [2.45, 2.75) is 52.5 Å². The minimum absolute atomic E-state index is 0.155. The van der Waals surface area contributed by atoms with Crippen LogP contribution in [0.3, 0.4) is 0 Å². The Hall–Kier alpha value is -0.730. The first-order chi connectivity index (χ1) is 8.49. The van der Waals surface area contributed by atoms with E-state index in [1.165, 1.54) is 5.56 Å². The number of ether oxygens (including phenoxy) is 1. The van der Waals surface area contributed by atoms with Gasteiger partial charge in [0.1, 0.15) is 5.75 Å². The number of hydrogen-bond donors (Lipinski definition) is 1. The van der Waals surface area contributed by atoms with E-state index in [-0.39, 0.29) is 6.04 Å². The molecular weight excluding hydrogens is 246 g/mol. The van der Waals surface area contributed by atoms with E-state index < -0.39 is 0 Å². The van der Waals surface area contributed by atoms with Crippen LogP contribution in [-0.4, -0.2) is 12.6 Å². The number of benzene rings is 1. The van der Waals surface area contributed by atoms with Crippen molar-refractivity contribution in [3.05, 3.63) is 28.3 Å². The highest BCUT2D eigenvalue weighted by Gasteiger charge is 2.14. The Labute approximate surface area is 115 Å². The molecule has 3 heteroatoms. The minimum atomic E-state index is 0.155. The van der Waals surface area contributed by atoms with E-state index in [0.29, 0.717) is 17.5 Å². The van der Waals surface area contributed by atoms with Gasteiger partial charge in [-0.3, -0.25) is 0 Å². The second-order valence-corrected chi connectivity index (χ2v) is 5.36. The van der Waals surface area contributed by atoms with Gasteiger partial charge in [0.15, 0.2) is 0 Å². The van der Waals surface area contributed by atoms with Crippen LogP contribution in [0.2, 0.25) is 5.02 Å². The number of halogens is 1. The van der Waals surface area contributed by atoms with Gasteiger partial charge in [0, 0.05) is 6.04 Å². The Morgan fingerprint density at radius 3 is 2.44 bits per heavy atom. The number of rotatable bonds is 6. The summed E-state index contributed by atoms with van der Waals surface area (Å²) in [6.07, 6.45) is 1.77. The lowest BCUT2D eigenvalue weighted by molar-refractivity contribution is 0.335. The average Bonchev–Trinajstić information content (AvgIpc) is 2.32. The summed E-state index contributed by atoms with van der Waals surface area (Å²) in [7, 11) is 0. The van der Waals surface area contributed by atoms with Crippen LogP contribution >= 0.6 is 11.6 Å². The van der Waals surface area contributed by atoms with Crippen molar-refractivity contribution in [1.29, 1.82) is 0 Å². The molecule has 18 heavy (non-hydrogen) atoms. The summed E-state index contributed by atoms with van der Waals surface area (Å²) < 4.78 is 5.66. The van der Waals surface area contributed by atoms with E-state index >= 15 is 0 Å². The molecule has 2 N–H and O–H groups in total. The van der Waals surface area contributed by atoms with E-state index in [1.807, 2.05) is 13.0 Å². The SMILES string of the molecule is CCOc1c(Cl)cc(C(C)C)cc1CC(N)CC. The lowest BCUT2D eigenvalue weighted by Gasteiger charge is -2.18. The van der Waals surface area contributed by atoms with Crippen LogP contribution in [0.25, 0.3) is 0 Å². The zero-order chi connectivity index (χ0) is 13.7. The predicted octanol–water partition coefficient (Wildman–Crippen LogP) is 4.14. The zero-order valence-electron chi connectivity index (χ0n) is 11.8. The normalized spacial score (nSPS) is 12.8. The highest BCUT2D eigenvalue weighted by atomic mass is 35.5. The predicted molar refractivity (Wildman–Crippen MR) is 78.7 cm³/mol. The summed E-state index contributed by atoms with van der Waals surface area (Å²) in [5.74, 6) is 1.25. The van der Waals surface area contributed by atoms with Crippen molar-refractivity contribution >= 4 is 11.6 Å². The van der Waals surface area contributed by atoms with Crippen LogP contribution in [0, 0.1) is 0 Å². The van der Waals surface area contributed by atoms with Crippen LogP contribution in [0.15, 0.2) is 12.1 Å². The van der Waals surface area contributed by atoms with Crippen LogP contribution in [0.4, 0.5) is 0 Å². The third-order valence-electron chi connectivity index (χ3n) is 3.10. The molecule has 1 aromatic carbocycles. The fraction of sp³-hybridized carbons (Fsp3) is 0.600. The highest BCUT2D eigenvalue weighted by molar-refractivity contribution is 6.32. The Morgan fingerprint density at radius 2 is 1.94 bits per heavy atom. The second-order valence-electron chi connectivity index (χ2n) is 4.95. The van der Waals surface area contributed by atoms with E-state index in [2.05, 4.69) is 26.8 Å². The average molecular weight is 270 g/mol. The first kappa shape index (κ1) is 15.3. The fourth-order valence-electron chi connectivity index (χ4n) is 1.89. The maximum Gasteiger partial charge on any atom is 0.141 e. The Balaban J connectivity index is 3.15. The van der Waals surface area contributed by atoms with Crippen molar-refractivity contribution < 1.29 is 4.74 Å². The molecule has 1 rings (SSSR count). The van der Waals surface area contributed by atoms with Gasteiger partial charge in [0.05, 0.1) is 11.6 Å². The third kappa shape index (κ3) is 3.89. The molecule has 0 amide bonds. The molecule has 1 unspecified atom stereocenters. The minimum Gasteiger partial charge on any atom is -0.492 e. The first-order valence-electron chi connectivity index (χ1n) is 6.70. The molecular formula is C15H24ClNO. The van der Waals surface area contributed by atoms with E-state index in [0.717, 1.165) is 24.2 Å². The Morgan fingerprint density at radius 1 is 1.28 bits per heavy atom. The largest absolute Gasteiger partial charge is 0.492 e. The quantitative estimate of drug-likeness (QED) is 0.842. The van der Waals surface area contributed by atoms with Gasteiger partial charge in [-0.1, -0.05) is 38.4 Å². The van der Waals surface area contributed by atoms with Gasteiger partial charge in [0.25, 0.3) is 0 Å². The molecule has 0 spiro atoms. The molecule has 2 nitrogen and oxygen atoms in total. The lowest BCUT2D eigenvalue weighted by Crippen LogP contribution is -2.22. The van der Waals surface area contributed by atoms with Crippen LogP contribution < -0.4 is 10.5 Å². The Kier molecular flexibility index (Phi) is 5.97. The molecule has 0 aliphatic rings. The van der Waals surface area contributed by atoms with Gasteiger partial charge in [-0.15, -0.1) is 0 Å². The topological polar surface area (TPSA) is 35.2 Å². The van der Waals surface area contributed by atoms with Crippen molar-refractivity contribution in [1.82, 2.24) is 0 Å². The summed E-state index contributed by atoms with van der Waals surface area (Å²) >= 11 is 6.32. The van der Waals surface area contributed by atoms with E-state index in [4.69, 9.17) is 22.1 Å². The maximum absolute atomic E-state index is 6.32. The molecule has 0 saturated carbocycles. The maximum atomic E-state index is 6.32. The van der Waals surface area contributed by atoms with Gasteiger partial charge in [-0.2, -0.15) is 0 Å². The van der Waals surface area contributed by atoms with Crippen molar-refractivity contribution in [3.63, 3.8) is 0 Å². The zero-order valence-corrected chi connectivity index (χ0v) is 12.6. The molecule has 0 fully saturated rings. The van der Waals surface area contributed by atoms with Gasteiger partial charge < -0.3 is 10.5 Å². The molecule has 0 aromatic heterocycles. The smallest absolute Gasteiger partial charge is 0.141 e. The summed E-state index contributed by atoms with van der Waals surface area (Å²) in [5, 5.41) is 0.696. The van der Waals surface area contributed by atoms with Crippen LogP contribution in [0.1, 0.15) is 51.2 Å². The summed E-state index contributed by atoms with van der Waals surface area (Å²) in [4.78, 5) is 0. The molecule has 0 radical (unpaired) electrons. The molecule has 0 bridgehead atoms. The van der Waals surface area contributed by atoms with Gasteiger partial charge in [-0.05, 0) is 42.9 Å². The summed E-state index contributed by atoms with van der Waals surface area (Å²) in [6, 6.07) is 4.33. The monoisotopic (exact) mass is 269 g/mol. The van der Waals surface area contributed by atoms with Gasteiger partial charge >= 0.3 is 0 Å². The standard InChI is InChI=1S/C15H24ClNO/c1-5-13(17)8-12-7-11(10(3)4)9-14(16)15(12)18-6-2/h7,9-10,13H,5-6,8,17H2,1-4H3.